The summed E-state index contributed by atoms with van der Waals surface area (Å²) in [6.45, 7) is 0.245. The third-order valence-corrected chi connectivity index (χ3v) is 8.06. The molecule has 0 radical (unpaired) electrons. The summed E-state index contributed by atoms with van der Waals surface area (Å²) in [6.07, 6.45) is 3.78. The Kier molecular flexibility index (Phi) is 15.4. The van der Waals surface area contributed by atoms with Crippen molar-refractivity contribution in [3.63, 3.8) is 0 Å². The summed E-state index contributed by atoms with van der Waals surface area (Å²) in [6, 6.07) is 13.8. The molecule has 1 aliphatic carbocycles. The number of aliphatic hydroxyl groups is 1. The first kappa shape index (κ1) is 37.3. The highest BCUT2D eigenvalue weighted by atomic mass is 16.5. The molecule has 0 bridgehead atoms. The maximum atomic E-state index is 14.0. The van der Waals surface area contributed by atoms with Crippen molar-refractivity contribution in [3.8, 4) is 11.5 Å². The molecule has 13 nitrogen and oxygen atoms in total. The van der Waals surface area contributed by atoms with Crippen LogP contribution in [0, 0.1) is 5.92 Å². The average molecular weight is 655 g/mol. The molecular formula is C34H50N6O7. The van der Waals surface area contributed by atoms with Crippen LogP contribution in [0.3, 0.4) is 0 Å². The number of aliphatic hydroxyl groups excluding tert-OH is 1. The lowest BCUT2D eigenvalue weighted by molar-refractivity contribution is -0.146. The molecule has 1 atom stereocenters. The molecule has 6 N–H and O–H groups in total. The summed E-state index contributed by atoms with van der Waals surface area (Å²) < 4.78 is 10.8. The fourth-order valence-corrected chi connectivity index (χ4v) is 5.14. The molecule has 1 saturated carbocycles. The van der Waals surface area contributed by atoms with Crippen molar-refractivity contribution in [1.29, 1.82) is 0 Å². The number of unbranched alkanes of at least 4 members (excludes halogenated alkanes) is 1. The van der Waals surface area contributed by atoms with Gasteiger partial charge in [-0.3, -0.25) is 19.2 Å². The molecule has 0 saturated heterocycles. The van der Waals surface area contributed by atoms with Gasteiger partial charge in [0, 0.05) is 19.6 Å². The third kappa shape index (κ3) is 12.5. The summed E-state index contributed by atoms with van der Waals surface area (Å²) >= 11 is 0. The number of hydrogen-bond donors (Lipinski definition) is 4. The van der Waals surface area contributed by atoms with Crippen molar-refractivity contribution in [2.75, 3.05) is 66.6 Å². The number of rotatable bonds is 22. The molecule has 0 aliphatic heterocycles. The van der Waals surface area contributed by atoms with Crippen molar-refractivity contribution in [2.45, 2.75) is 44.7 Å². The van der Waals surface area contributed by atoms with Crippen molar-refractivity contribution >= 4 is 23.6 Å². The van der Waals surface area contributed by atoms with Crippen LogP contribution in [-0.2, 0) is 32.1 Å². The second-order valence-corrected chi connectivity index (χ2v) is 11.8. The molecule has 2 aromatic carbocycles. The largest absolute Gasteiger partial charge is 0.493 e. The number of nitrogens with zero attached hydrogens (tertiary/aromatic N) is 3. The summed E-state index contributed by atoms with van der Waals surface area (Å²) in [5.41, 5.74) is 12.7. The van der Waals surface area contributed by atoms with E-state index in [1.807, 2.05) is 42.5 Å². The van der Waals surface area contributed by atoms with Crippen LogP contribution in [0.2, 0.25) is 0 Å². The standard InChI is InChI=1S/C34H50N6O7/c1-46-29-13-12-25(18-30(29)47-2)14-17-39(34(45)28(24-41)37-19-26-10-11-26)22-33(44)40(20-27-8-4-3-5-9-27)23-32(43)38(21-31(36)42)16-7-6-15-35/h3-5,8-9,12-13,18,26,28,37,41H,6-7,10-11,14-17,19-24,35H2,1-2H3,(H2,36,42)/t28-/m0/s1. The highest BCUT2D eigenvalue weighted by Gasteiger charge is 2.30. The number of methoxy groups -OCH3 is 2. The van der Waals surface area contributed by atoms with Gasteiger partial charge in [0.05, 0.1) is 33.9 Å². The van der Waals surface area contributed by atoms with Crippen molar-refractivity contribution in [2.24, 2.45) is 17.4 Å². The van der Waals surface area contributed by atoms with Crippen LogP contribution >= 0.6 is 0 Å². The highest BCUT2D eigenvalue weighted by molar-refractivity contribution is 5.91. The van der Waals surface area contributed by atoms with Crippen molar-refractivity contribution in [3.05, 3.63) is 59.7 Å². The van der Waals surface area contributed by atoms with Gasteiger partial charge in [0.1, 0.15) is 12.6 Å². The normalized spacial score (nSPS) is 13.0. The molecule has 13 heteroatoms. The smallest absolute Gasteiger partial charge is 0.242 e. The zero-order valence-electron chi connectivity index (χ0n) is 27.6. The van der Waals surface area contributed by atoms with Crippen LogP contribution < -0.4 is 26.3 Å². The van der Waals surface area contributed by atoms with E-state index in [2.05, 4.69) is 5.32 Å². The number of nitrogens with two attached hydrogens (primary N) is 2. The quantitative estimate of drug-likeness (QED) is 0.132. The van der Waals surface area contributed by atoms with E-state index in [-0.39, 0.29) is 39.3 Å². The molecule has 0 spiro atoms. The van der Waals surface area contributed by atoms with Crippen LogP contribution in [0.15, 0.2) is 48.5 Å². The number of hydrogen-bond acceptors (Lipinski definition) is 9. The maximum absolute atomic E-state index is 14.0. The minimum absolute atomic E-state index is 0.111. The van der Waals surface area contributed by atoms with Gasteiger partial charge < -0.3 is 46.1 Å². The fourth-order valence-electron chi connectivity index (χ4n) is 5.14. The predicted molar refractivity (Wildman–Crippen MR) is 177 cm³/mol. The molecule has 4 amide bonds. The van der Waals surface area contributed by atoms with Crippen LogP contribution in [0.5, 0.6) is 11.5 Å². The van der Waals surface area contributed by atoms with Crippen LogP contribution in [-0.4, -0.2) is 116 Å². The Hall–Kier alpha value is -4.20. The predicted octanol–water partition coefficient (Wildman–Crippen LogP) is 0.517. The van der Waals surface area contributed by atoms with E-state index in [9.17, 15) is 24.3 Å². The molecule has 47 heavy (non-hydrogen) atoms. The summed E-state index contributed by atoms with van der Waals surface area (Å²) in [7, 11) is 3.09. The fraction of sp³-hybridized carbons (Fsp3) is 0.529. The van der Waals surface area contributed by atoms with Crippen molar-refractivity contribution in [1.82, 2.24) is 20.0 Å². The molecule has 2 aromatic rings. The van der Waals surface area contributed by atoms with Crippen LogP contribution in [0.4, 0.5) is 0 Å². The van der Waals surface area contributed by atoms with E-state index < -0.39 is 36.3 Å². The Morgan fingerprint density at radius 3 is 2.17 bits per heavy atom. The maximum Gasteiger partial charge on any atom is 0.242 e. The van der Waals surface area contributed by atoms with Gasteiger partial charge in [0.2, 0.25) is 23.6 Å². The van der Waals surface area contributed by atoms with Crippen LogP contribution in [0.1, 0.15) is 36.8 Å². The minimum Gasteiger partial charge on any atom is -0.493 e. The SMILES string of the molecule is COc1ccc(CCN(CC(=O)N(CC(=O)N(CCCCN)CC(N)=O)Cc2ccccc2)C(=O)[C@H](CO)NCC2CC2)cc1OC. The van der Waals surface area contributed by atoms with Crippen LogP contribution in [0.25, 0.3) is 0 Å². The zero-order chi connectivity index (χ0) is 34.2. The van der Waals surface area contributed by atoms with Gasteiger partial charge in [0.15, 0.2) is 11.5 Å². The number of nitrogens with one attached hydrogen (secondary N) is 1. The summed E-state index contributed by atoms with van der Waals surface area (Å²) in [4.78, 5) is 57.2. The Balaban J connectivity index is 1.85. The number of primary amides is 1. The van der Waals surface area contributed by atoms with E-state index >= 15 is 0 Å². The molecule has 258 valence electrons. The Morgan fingerprint density at radius 2 is 1.55 bits per heavy atom. The lowest BCUT2D eigenvalue weighted by Gasteiger charge is -2.31. The monoisotopic (exact) mass is 654 g/mol. The average Bonchev–Trinajstić information content (AvgIpc) is 3.90. The van der Waals surface area contributed by atoms with Gasteiger partial charge in [-0.2, -0.15) is 0 Å². The van der Waals surface area contributed by atoms with Crippen molar-refractivity contribution < 1.29 is 33.8 Å². The molecule has 3 rings (SSSR count). The van der Waals surface area contributed by atoms with E-state index in [1.165, 1.54) is 14.7 Å². The van der Waals surface area contributed by atoms with Gasteiger partial charge in [-0.15, -0.1) is 0 Å². The Bertz CT molecular complexity index is 1310. The third-order valence-electron chi connectivity index (χ3n) is 8.06. The lowest BCUT2D eigenvalue weighted by Crippen LogP contribution is -2.53. The topological polar surface area (TPSA) is 181 Å². The first-order chi connectivity index (χ1) is 22.7. The van der Waals surface area contributed by atoms with Gasteiger partial charge in [-0.05, 0) is 74.4 Å². The molecule has 0 unspecified atom stereocenters. The van der Waals surface area contributed by atoms with Gasteiger partial charge in [-0.1, -0.05) is 36.4 Å². The molecule has 1 fully saturated rings. The van der Waals surface area contributed by atoms with E-state index in [4.69, 9.17) is 20.9 Å². The van der Waals surface area contributed by atoms with Gasteiger partial charge in [-0.25, -0.2) is 0 Å². The number of amides is 4. The molecule has 1 aliphatic rings. The van der Waals surface area contributed by atoms with E-state index in [0.717, 1.165) is 24.0 Å². The van der Waals surface area contributed by atoms with Gasteiger partial charge >= 0.3 is 0 Å². The first-order valence-corrected chi connectivity index (χ1v) is 16.1. The van der Waals surface area contributed by atoms with E-state index in [0.29, 0.717) is 49.8 Å². The molecule has 0 aromatic heterocycles. The van der Waals surface area contributed by atoms with Gasteiger partial charge in [0.25, 0.3) is 0 Å². The number of carbonyl (C=O) groups excluding carboxylic acids is 4. The number of ether oxygens (including phenoxy) is 2. The second kappa shape index (κ2) is 19.5. The lowest BCUT2D eigenvalue weighted by atomic mass is 10.1. The first-order valence-electron chi connectivity index (χ1n) is 16.1. The number of benzene rings is 2. The Morgan fingerprint density at radius 1 is 0.872 bits per heavy atom. The summed E-state index contributed by atoms with van der Waals surface area (Å²) in [5.74, 6) is -0.385. The summed E-state index contributed by atoms with van der Waals surface area (Å²) in [5, 5.41) is 13.3. The zero-order valence-corrected chi connectivity index (χ0v) is 27.6. The molecular weight excluding hydrogens is 604 g/mol. The van der Waals surface area contributed by atoms with E-state index in [1.54, 1.807) is 20.3 Å². The molecule has 0 heterocycles. The highest BCUT2D eigenvalue weighted by Crippen LogP contribution is 2.28. The number of carbonyl (C=O) groups is 4. The Labute approximate surface area is 277 Å². The second-order valence-electron chi connectivity index (χ2n) is 11.8. The minimum atomic E-state index is -0.883.